The molecule has 0 bridgehead atoms. The van der Waals surface area contributed by atoms with E-state index in [1.54, 1.807) is 0 Å². The highest BCUT2D eigenvalue weighted by molar-refractivity contribution is 14.0. The molecule has 1 aromatic heterocycles. The average molecular weight is 488 g/mol. The molecule has 6 nitrogen and oxygen atoms in total. The van der Waals surface area contributed by atoms with Crippen molar-refractivity contribution in [1.82, 2.24) is 25.4 Å². The molecule has 7 heteroatoms. The number of aryl methyl sites for hydroxylation is 1. The average Bonchev–Trinajstić information content (AvgIpc) is 3.12. The highest BCUT2D eigenvalue weighted by Gasteiger charge is 2.23. The largest absolute Gasteiger partial charge is 0.354 e. The second-order valence-corrected chi connectivity index (χ2v) is 8.02. The lowest BCUT2D eigenvalue weighted by atomic mass is 9.86. The van der Waals surface area contributed by atoms with E-state index in [-0.39, 0.29) is 24.0 Å². The van der Waals surface area contributed by atoms with Gasteiger partial charge in [0.05, 0.1) is 6.54 Å². The highest BCUT2D eigenvalue weighted by Crippen LogP contribution is 2.24. The van der Waals surface area contributed by atoms with Crippen LogP contribution in [0.4, 0.5) is 0 Å². The first-order valence-electron chi connectivity index (χ1n) is 10.7. The van der Waals surface area contributed by atoms with Crippen LogP contribution < -0.4 is 10.6 Å². The van der Waals surface area contributed by atoms with E-state index in [2.05, 4.69) is 39.2 Å². The van der Waals surface area contributed by atoms with E-state index in [4.69, 9.17) is 4.99 Å². The molecule has 0 aliphatic heterocycles. The number of aliphatic imine (C=N–C) groups is 1. The molecule has 2 N–H and O–H groups in total. The van der Waals surface area contributed by atoms with Crippen LogP contribution in [0, 0.1) is 5.92 Å². The summed E-state index contributed by atoms with van der Waals surface area (Å²) in [5.41, 5.74) is 0. The first-order valence-corrected chi connectivity index (χ1v) is 10.7. The van der Waals surface area contributed by atoms with Gasteiger partial charge in [-0.15, -0.1) is 34.2 Å². The number of aromatic nitrogens is 3. The zero-order chi connectivity index (χ0) is 18.2. The molecule has 0 aromatic carbocycles. The first kappa shape index (κ1) is 22.4. The van der Waals surface area contributed by atoms with Crippen LogP contribution in [0.1, 0.15) is 77.5 Å². The second-order valence-electron chi connectivity index (χ2n) is 8.02. The Hall–Kier alpha value is -0.860. The second kappa shape index (κ2) is 11.9. The Bertz CT molecular complexity index is 567. The van der Waals surface area contributed by atoms with Gasteiger partial charge in [-0.05, 0) is 31.6 Å². The molecule has 27 heavy (non-hydrogen) atoms. The van der Waals surface area contributed by atoms with Crippen LogP contribution >= 0.6 is 24.0 Å². The fourth-order valence-electron chi connectivity index (χ4n) is 4.29. The summed E-state index contributed by atoms with van der Waals surface area (Å²) < 4.78 is 2.12. The van der Waals surface area contributed by atoms with Gasteiger partial charge in [0, 0.05) is 25.0 Å². The zero-order valence-corrected chi connectivity index (χ0v) is 19.3. The van der Waals surface area contributed by atoms with Gasteiger partial charge >= 0.3 is 0 Å². The van der Waals surface area contributed by atoms with Gasteiger partial charge in [0.2, 0.25) is 0 Å². The normalized spacial score (nSPS) is 24.3. The number of hydrogen-bond acceptors (Lipinski definition) is 3. The summed E-state index contributed by atoms with van der Waals surface area (Å²) in [6.45, 7) is 6.09. The molecule has 2 saturated carbocycles. The minimum Gasteiger partial charge on any atom is -0.354 e. The Morgan fingerprint density at radius 1 is 1.11 bits per heavy atom. The number of guanidine groups is 1. The summed E-state index contributed by atoms with van der Waals surface area (Å²) in [7, 11) is 0. The minimum absolute atomic E-state index is 0. The lowest BCUT2D eigenvalue weighted by Crippen LogP contribution is -2.50. The van der Waals surface area contributed by atoms with Crippen LogP contribution in [0.2, 0.25) is 0 Å². The van der Waals surface area contributed by atoms with E-state index in [1.165, 1.54) is 57.8 Å². The summed E-state index contributed by atoms with van der Waals surface area (Å²) in [5.74, 6) is 2.78. The Morgan fingerprint density at radius 3 is 2.59 bits per heavy atom. The lowest BCUT2D eigenvalue weighted by molar-refractivity contribution is 0.304. The summed E-state index contributed by atoms with van der Waals surface area (Å²) in [6.07, 6.45) is 14.6. The molecule has 2 aliphatic carbocycles. The van der Waals surface area contributed by atoms with Gasteiger partial charge in [0.15, 0.2) is 5.96 Å². The topological polar surface area (TPSA) is 67.1 Å². The molecule has 2 atom stereocenters. The van der Waals surface area contributed by atoms with Crippen molar-refractivity contribution in [3.05, 3.63) is 12.2 Å². The van der Waals surface area contributed by atoms with Gasteiger partial charge < -0.3 is 15.2 Å². The number of nitrogens with zero attached hydrogens (tertiary/aromatic N) is 4. The molecule has 1 aromatic rings. The standard InChI is InChI=1S/C20H36N6.HI/c1-3-19-25-22-15-26(19)14-13-21-20(23-17-10-5-4-6-11-17)24-18-12-8-7-9-16(18)2;/h15-18H,3-14H2,1-2H3,(H2,21,23,24);1H. The van der Waals surface area contributed by atoms with Crippen LogP contribution in [0.15, 0.2) is 11.3 Å². The number of hydrogen-bond donors (Lipinski definition) is 2. The van der Waals surface area contributed by atoms with E-state index >= 15 is 0 Å². The minimum atomic E-state index is 0. The maximum Gasteiger partial charge on any atom is 0.191 e. The van der Waals surface area contributed by atoms with Crippen molar-refractivity contribution in [3.63, 3.8) is 0 Å². The molecule has 0 radical (unpaired) electrons. The SMILES string of the molecule is CCc1nncn1CCN=C(NC1CCCCC1)NC1CCCCC1C.I. The lowest BCUT2D eigenvalue weighted by Gasteiger charge is -2.33. The Kier molecular flexibility index (Phi) is 9.86. The van der Waals surface area contributed by atoms with E-state index in [1.807, 2.05) is 6.33 Å². The van der Waals surface area contributed by atoms with E-state index in [0.717, 1.165) is 37.2 Å². The predicted molar refractivity (Wildman–Crippen MR) is 122 cm³/mol. The molecule has 3 rings (SSSR count). The summed E-state index contributed by atoms with van der Waals surface area (Å²) in [5, 5.41) is 15.7. The maximum atomic E-state index is 4.91. The molecule has 2 fully saturated rings. The van der Waals surface area contributed by atoms with Crippen molar-refractivity contribution in [2.24, 2.45) is 10.9 Å². The Morgan fingerprint density at radius 2 is 1.85 bits per heavy atom. The molecule has 0 amide bonds. The van der Waals surface area contributed by atoms with Gasteiger partial charge in [0.1, 0.15) is 12.2 Å². The van der Waals surface area contributed by atoms with Crippen molar-refractivity contribution in [2.75, 3.05) is 6.54 Å². The van der Waals surface area contributed by atoms with Crippen LogP contribution in [-0.4, -0.2) is 39.4 Å². The molecule has 0 spiro atoms. The fraction of sp³-hybridized carbons (Fsp3) is 0.850. The molecule has 2 unspecified atom stereocenters. The third kappa shape index (κ3) is 6.91. The molecular formula is C20H37IN6. The summed E-state index contributed by atoms with van der Waals surface area (Å²) in [6, 6.07) is 1.13. The van der Waals surface area contributed by atoms with E-state index in [0.29, 0.717) is 12.1 Å². The Balaban J connectivity index is 0.00000261. The van der Waals surface area contributed by atoms with Gasteiger partial charge in [-0.3, -0.25) is 4.99 Å². The number of nitrogens with one attached hydrogen (secondary N) is 2. The van der Waals surface area contributed by atoms with Crippen LogP contribution in [0.25, 0.3) is 0 Å². The van der Waals surface area contributed by atoms with Crippen molar-refractivity contribution in [2.45, 2.75) is 96.7 Å². The molecule has 0 saturated heterocycles. The van der Waals surface area contributed by atoms with Crippen molar-refractivity contribution < 1.29 is 0 Å². The molecular weight excluding hydrogens is 451 g/mol. The highest BCUT2D eigenvalue weighted by atomic mass is 127. The fourth-order valence-corrected chi connectivity index (χ4v) is 4.29. The van der Waals surface area contributed by atoms with Crippen LogP contribution in [0.3, 0.4) is 0 Å². The molecule has 154 valence electrons. The number of rotatable bonds is 6. The van der Waals surface area contributed by atoms with Gasteiger partial charge in [-0.1, -0.05) is 46.0 Å². The zero-order valence-electron chi connectivity index (χ0n) is 17.0. The smallest absolute Gasteiger partial charge is 0.191 e. The van der Waals surface area contributed by atoms with E-state index < -0.39 is 0 Å². The molecule has 1 heterocycles. The Labute approximate surface area is 181 Å². The molecule has 2 aliphatic rings. The van der Waals surface area contributed by atoms with Gasteiger partial charge in [-0.25, -0.2) is 0 Å². The summed E-state index contributed by atoms with van der Waals surface area (Å²) >= 11 is 0. The van der Waals surface area contributed by atoms with Crippen molar-refractivity contribution in [3.8, 4) is 0 Å². The van der Waals surface area contributed by atoms with Crippen LogP contribution in [0.5, 0.6) is 0 Å². The van der Waals surface area contributed by atoms with E-state index in [9.17, 15) is 0 Å². The van der Waals surface area contributed by atoms with Crippen LogP contribution in [-0.2, 0) is 13.0 Å². The summed E-state index contributed by atoms with van der Waals surface area (Å²) in [4.78, 5) is 4.91. The van der Waals surface area contributed by atoms with Gasteiger partial charge in [0.25, 0.3) is 0 Å². The monoisotopic (exact) mass is 488 g/mol. The van der Waals surface area contributed by atoms with Crippen molar-refractivity contribution >= 4 is 29.9 Å². The van der Waals surface area contributed by atoms with Gasteiger partial charge in [-0.2, -0.15) is 0 Å². The quantitative estimate of drug-likeness (QED) is 0.362. The third-order valence-electron chi connectivity index (χ3n) is 6.00. The number of halogens is 1. The third-order valence-corrected chi connectivity index (χ3v) is 6.00. The maximum absolute atomic E-state index is 4.91. The predicted octanol–water partition coefficient (Wildman–Crippen LogP) is 3.91. The first-order chi connectivity index (χ1) is 12.8. The van der Waals surface area contributed by atoms with Crippen molar-refractivity contribution in [1.29, 1.82) is 0 Å².